The summed E-state index contributed by atoms with van der Waals surface area (Å²) < 4.78 is 0. The normalized spacial score (nSPS) is 12.3. The van der Waals surface area contributed by atoms with Gasteiger partial charge in [0, 0.05) is 5.92 Å². The Morgan fingerprint density at radius 3 is 2.55 bits per heavy atom. The van der Waals surface area contributed by atoms with Crippen molar-refractivity contribution in [2.24, 2.45) is 5.92 Å². The fourth-order valence-corrected chi connectivity index (χ4v) is 0.899. The van der Waals surface area contributed by atoms with Crippen LogP contribution in [0.15, 0.2) is 11.6 Å². The van der Waals surface area contributed by atoms with Crippen molar-refractivity contribution >= 4 is 6.29 Å². The summed E-state index contributed by atoms with van der Waals surface area (Å²) in [6.07, 6.45) is 6.51. The molecule has 0 unspecified atom stereocenters. The Balaban J connectivity index is 3.28. The van der Waals surface area contributed by atoms with Crippen molar-refractivity contribution in [2.45, 2.75) is 40.0 Å². The van der Waals surface area contributed by atoms with Crippen molar-refractivity contribution in [1.82, 2.24) is 0 Å². The van der Waals surface area contributed by atoms with E-state index in [9.17, 15) is 4.79 Å². The largest absolute Gasteiger partial charge is 0.303 e. The second-order valence-corrected chi connectivity index (χ2v) is 3.33. The van der Waals surface area contributed by atoms with Crippen LogP contribution in [0.3, 0.4) is 0 Å². The first kappa shape index (κ1) is 10.4. The van der Waals surface area contributed by atoms with Crippen LogP contribution in [0, 0.1) is 5.92 Å². The van der Waals surface area contributed by atoms with Crippen LogP contribution in [0.25, 0.3) is 0 Å². The van der Waals surface area contributed by atoms with Crippen LogP contribution in [0.1, 0.15) is 40.0 Å². The van der Waals surface area contributed by atoms with Crippen molar-refractivity contribution in [2.75, 3.05) is 0 Å². The Bertz CT molecular complexity index is 132. The van der Waals surface area contributed by atoms with Gasteiger partial charge in [-0.1, -0.05) is 18.6 Å². The van der Waals surface area contributed by atoms with Gasteiger partial charge in [-0.15, -0.1) is 0 Å². The second-order valence-electron chi connectivity index (χ2n) is 3.33. The highest BCUT2D eigenvalue weighted by Gasteiger charge is 1.96. The lowest BCUT2D eigenvalue weighted by atomic mass is 10.1. The first-order valence-electron chi connectivity index (χ1n) is 4.25. The molecule has 0 aromatic heterocycles. The van der Waals surface area contributed by atoms with E-state index < -0.39 is 0 Å². The van der Waals surface area contributed by atoms with Gasteiger partial charge in [0.05, 0.1) is 0 Å². The van der Waals surface area contributed by atoms with Gasteiger partial charge in [0.15, 0.2) is 0 Å². The third-order valence-electron chi connectivity index (χ3n) is 1.65. The zero-order valence-corrected chi connectivity index (χ0v) is 7.76. The molecule has 0 fully saturated rings. The van der Waals surface area contributed by atoms with Crippen LogP contribution in [0.2, 0.25) is 0 Å². The third-order valence-corrected chi connectivity index (χ3v) is 1.65. The lowest BCUT2D eigenvalue weighted by molar-refractivity contribution is -0.110. The molecule has 0 aliphatic heterocycles. The molecule has 0 bridgehead atoms. The molecule has 0 radical (unpaired) electrons. The molecule has 0 amide bonds. The Morgan fingerprint density at radius 1 is 1.45 bits per heavy atom. The highest BCUT2D eigenvalue weighted by atomic mass is 16.1. The van der Waals surface area contributed by atoms with Gasteiger partial charge in [-0.3, -0.25) is 0 Å². The summed E-state index contributed by atoms with van der Waals surface area (Å²) in [4.78, 5) is 10.2. The molecular formula is C10H18O. The molecule has 0 heterocycles. The first-order valence-corrected chi connectivity index (χ1v) is 4.25. The smallest absolute Gasteiger partial charge is 0.122 e. The summed E-state index contributed by atoms with van der Waals surface area (Å²) >= 11 is 0. The van der Waals surface area contributed by atoms with Gasteiger partial charge < -0.3 is 4.79 Å². The lowest BCUT2D eigenvalue weighted by Crippen LogP contribution is -1.94. The Kier molecular flexibility index (Phi) is 5.81. The highest BCUT2D eigenvalue weighted by Crippen LogP contribution is 2.06. The summed E-state index contributed by atoms with van der Waals surface area (Å²) in [5.41, 5.74) is 1.36. The quantitative estimate of drug-likeness (QED) is 0.338. The molecule has 1 atom stereocenters. The predicted octanol–water partition coefficient (Wildman–Crippen LogP) is 2.96. The van der Waals surface area contributed by atoms with E-state index in [1.807, 2.05) is 6.92 Å². The van der Waals surface area contributed by atoms with Gasteiger partial charge >= 0.3 is 0 Å². The molecule has 0 aliphatic rings. The van der Waals surface area contributed by atoms with Crippen LogP contribution < -0.4 is 0 Å². The van der Waals surface area contributed by atoms with E-state index in [4.69, 9.17) is 0 Å². The Morgan fingerprint density at radius 2 is 2.09 bits per heavy atom. The maximum Gasteiger partial charge on any atom is 0.122 e. The molecular weight excluding hydrogens is 136 g/mol. The van der Waals surface area contributed by atoms with E-state index in [2.05, 4.69) is 19.9 Å². The van der Waals surface area contributed by atoms with E-state index in [0.29, 0.717) is 0 Å². The number of carbonyl (C=O) groups excluding carboxylic acids is 1. The molecule has 1 nitrogen and oxygen atoms in total. The van der Waals surface area contributed by atoms with E-state index in [1.54, 1.807) is 0 Å². The van der Waals surface area contributed by atoms with Crippen molar-refractivity contribution in [3.63, 3.8) is 0 Å². The molecule has 0 rings (SSSR count). The second kappa shape index (κ2) is 6.14. The summed E-state index contributed by atoms with van der Waals surface area (Å²) in [6.45, 7) is 6.17. The average Bonchev–Trinajstić information content (AvgIpc) is 1.97. The number of unbranched alkanes of at least 4 members (excludes halogenated alkanes) is 1. The van der Waals surface area contributed by atoms with E-state index in [0.717, 1.165) is 25.5 Å². The lowest BCUT2D eigenvalue weighted by Gasteiger charge is -1.99. The Hall–Kier alpha value is -0.590. The summed E-state index contributed by atoms with van der Waals surface area (Å²) in [7, 11) is 0. The molecule has 0 spiro atoms. The fraction of sp³-hybridized carbons (Fsp3) is 0.700. The number of carbonyl (C=O) groups is 1. The molecule has 0 aromatic rings. The van der Waals surface area contributed by atoms with Gasteiger partial charge in [0.1, 0.15) is 6.29 Å². The Labute approximate surface area is 69.5 Å². The minimum atomic E-state index is 0.237. The maximum atomic E-state index is 10.2. The molecule has 11 heavy (non-hydrogen) atoms. The highest BCUT2D eigenvalue weighted by molar-refractivity contribution is 5.52. The molecule has 64 valence electrons. The number of rotatable bonds is 5. The van der Waals surface area contributed by atoms with Gasteiger partial charge in [0.25, 0.3) is 0 Å². The standard InChI is InChI=1S/C10H18O/c1-9(2)6-4-5-7-10(3)8-11/h6,8,10H,4-5,7H2,1-3H3/t10-/m1/s1. The van der Waals surface area contributed by atoms with Crippen LogP contribution in [-0.2, 0) is 4.79 Å². The van der Waals surface area contributed by atoms with Crippen LogP contribution in [-0.4, -0.2) is 6.29 Å². The van der Waals surface area contributed by atoms with Crippen LogP contribution in [0.5, 0.6) is 0 Å². The molecule has 0 aliphatic carbocycles. The van der Waals surface area contributed by atoms with Crippen LogP contribution >= 0.6 is 0 Å². The molecule has 0 saturated heterocycles. The minimum absolute atomic E-state index is 0.237. The number of aldehydes is 1. The third kappa shape index (κ3) is 7.31. The van der Waals surface area contributed by atoms with E-state index >= 15 is 0 Å². The number of hydrogen-bond acceptors (Lipinski definition) is 1. The van der Waals surface area contributed by atoms with Gasteiger partial charge in [-0.2, -0.15) is 0 Å². The number of allylic oxidation sites excluding steroid dienone is 2. The van der Waals surface area contributed by atoms with Gasteiger partial charge in [0.2, 0.25) is 0 Å². The zero-order chi connectivity index (χ0) is 8.69. The fourth-order valence-electron chi connectivity index (χ4n) is 0.899. The van der Waals surface area contributed by atoms with Crippen LogP contribution in [0.4, 0.5) is 0 Å². The maximum absolute atomic E-state index is 10.2. The van der Waals surface area contributed by atoms with Gasteiger partial charge in [-0.05, 0) is 33.1 Å². The minimum Gasteiger partial charge on any atom is -0.303 e. The van der Waals surface area contributed by atoms with Crippen molar-refractivity contribution < 1.29 is 4.79 Å². The monoisotopic (exact) mass is 154 g/mol. The number of hydrogen-bond donors (Lipinski definition) is 0. The molecule has 0 saturated carbocycles. The summed E-state index contributed by atoms with van der Waals surface area (Å²) in [5.74, 6) is 0.237. The van der Waals surface area contributed by atoms with E-state index in [1.165, 1.54) is 5.57 Å². The average molecular weight is 154 g/mol. The molecule has 0 N–H and O–H groups in total. The SMILES string of the molecule is CC(C)=CCCC[C@@H](C)C=O. The van der Waals surface area contributed by atoms with Crippen molar-refractivity contribution in [1.29, 1.82) is 0 Å². The molecule has 1 heteroatoms. The topological polar surface area (TPSA) is 17.1 Å². The first-order chi connectivity index (χ1) is 5.16. The van der Waals surface area contributed by atoms with Crippen molar-refractivity contribution in [3.8, 4) is 0 Å². The molecule has 0 aromatic carbocycles. The van der Waals surface area contributed by atoms with Crippen molar-refractivity contribution in [3.05, 3.63) is 11.6 Å². The summed E-state index contributed by atoms with van der Waals surface area (Å²) in [5, 5.41) is 0. The zero-order valence-electron chi connectivity index (χ0n) is 7.76. The predicted molar refractivity (Wildman–Crippen MR) is 48.5 cm³/mol. The summed E-state index contributed by atoms with van der Waals surface area (Å²) in [6, 6.07) is 0. The van der Waals surface area contributed by atoms with Gasteiger partial charge in [-0.25, -0.2) is 0 Å². The van der Waals surface area contributed by atoms with E-state index in [-0.39, 0.29) is 5.92 Å².